The fourth-order valence-corrected chi connectivity index (χ4v) is 4.06. The molecule has 0 aromatic carbocycles. The highest BCUT2D eigenvalue weighted by Crippen LogP contribution is 2.46. The van der Waals surface area contributed by atoms with E-state index in [1.165, 1.54) is 25.7 Å². The van der Waals surface area contributed by atoms with Crippen LogP contribution in [0.15, 0.2) is 0 Å². The van der Waals surface area contributed by atoms with E-state index in [0.717, 1.165) is 42.2 Å². The van der Waals surface area contributed by atoms with Gasteiger partial charge in [-0.15, -0.1) is 0 Å². The lowest BCUT2D eigenvalue weighted by Gasteiger charge is -2.37. The van der Waals surface area contributed by atoms with Crippen molar-refractivity contribution in [3.8, 4) is 0 Å². The van der Waals surface area contributed by atoms with E-state index >= 15 is 0 Å². The molecule has 94 valence electrons. The number of hydrogen-bond acceptors (Lipinski definition) is 1. The Labute approximate surface area is 101 Å². The molecule has 2 aliphatic rings. The Bertz CT molecular complexity index is 215. The molecule has 0 aliphatic heterocycles. The van der Waals surface area contributed by atoms with Crippen LogP contribution in [0.5, 0.6) is 0 Å². The quantitative estimate of drug-likeness (QED) is 0.766. The molecule has 0 spiro atoms. The normalized spacial score (nSPS) is 45.4. The molecule has 1 heteroatoms. The molecule has 0 radical (unpaired) electrons. The maximum Gasteiger partial charge on any atom is 0.0126 e. The molecular formula is C15H29N. The third-order valence-corrected chi connectivity index (χ3v) is 4.80. The minimum absolute atomic E-state index is 0.824. The SMILES string of the molecule is CCNC(C1CC(C)CC(C)C1)C1CC1C. The number of rotatable bonds is 4. The van der Waals surface area contributed by atoms with Gasteiger partial charge in [-0.2, -0.15) is 0 Å². The second kappa shape index (κ2) is 5.08. The van der Waals surface area contributed by atoms with Crippen molar-refractivity contribution in [3.05, 3.63) is 0 Å². The van der Waals surface area contributed by atoms with Crippen LogP contribution < -0.4 is 5.32 Å². The first-order valence-corrected chi connectivity index (χ1v) is 7.35. The van der Waals surface area contributed by atoms with E-state index in [9.17, 15) is 0 Å². The summed E-state index contributed by atoms with van der Waals surface area (Å²) in [7, 11) is 0. The molecule has 1 N–H and O–H groups in total. The summed E-state index contributed by atoms with van der Waals surface area (Å²) in [6.45, 7) is 10.7. The van der Waals surface area contributed by atoms with Crippen LogP contribution in [-0.4, -0.2) is 12.6 Å². The molecule has 16 heavy (non-hydrogen) atoms. The predicted molar refractivity (Wildman–Crippen MR) is 70.4 cm³/mol. The third-order valence-electron chi connectivity index (χ3n) is 4.80. The average molecular weight is 223 g/mol. The molecule has 0 aromatic rings. The van der Waals surface area contributed by atoms with Crippen LogP contribution in [-0.2, 0) is 0 Å². The van der Waals surface area contributed by atoms with Gasteiger partial charge in [0.2, 0.25) is 0 Å². The highest BCUT2D eigenvalue weighted by molar-refractivity contribution is 4.97. The summed E-state index contributed by atoms with van der Waals surface area (Å²) < 4.78 is 0. The van der Waals surface area contributed by atoms with Crippen molar-refractivity contribution >= 4 is 0 Å². The first-order valence-electron chi connectivity index (χ1n) is 7.35. The van der Waals surface area contributed by atoms with Gasteiger partial charge in [0.1, 0.15) is 0 Å². The molecule has 0 heterocycles. The highest BCUT2D eigenvalue weighted by atomic mass is 14.9. The van der Waals surface area contributed by atoms with Gasteiger partial charge in [-0.1, -0.05) is 27.7 Å². The van der Waals surface area contributed by atoms with E-state index < -0.39 is 0 Å². The van der Waals surface area contributed by atoms with Gasteiger partial charge in [0.25, 0.3) is 0 Å². The zero-order valence-corrected chi connectivity index (χ0v) is 11.5. The van der Waals surface area contributed by atoms with Gasteiger partial charge < -0.3 is 5.32 Å². The summed E-state index contributed by atoms with van der Waals surface area (Å²) in [6.07, 6.45) is 5.85. The molecular weight excluding hydrogens is 194 g/mol. The van der Waals surface area contributed by atoms with Crippen LogP contribution in [0.25, 0.3) is 0 Å². The van der Waals surface area contributed by atoms with E-state index in [4.69, 9.17) is 0 Å². The molecule has 5 atom stereocenters. The van der Waals surface area contributed by atoms with Crippen molar-refractivity contribution < 1.29 is 0 Å². The molecule has 0 aromatic heterocycles. The van der Waals surface area contributed by atoms with Crippen LogP contribution in [0.4, 0.5) is 0 Å². The Morgan fingerprint density at radius 2 is 1.56 bits per heavy atom. The second-order valence-corrected chi connectivity index (χ2v) is 6.64. The predicted octanol–water partition coefficient (Wildman–Crippen LogP) is 3.69. The Morgan fingerprint density at radius 1 is 1.00 bits per heavy atom. The van der Waals surface area contributed by atoms with Crippen molar-refractivity contribution in [1.82, 2.24) is 5.32 Å². The molecule has 0 amide bonds. The van der Waals surface area contributed by atoms with E-state index in [2.05, 4.69) is 33.0 Å². The zero-order chi connectivity index (χ0) is 11.7. The largest absolute Gasteiger partial charge is 0.314 e. The highest BCUT2D eigenvalue weighted by Gasteiger charge is 2.43. The first kappa shape index (κ1) is 12.4. The van der Waals surface area contributed by atoms with E-state index in [1.807, 2.05) is 0 Å². The van der Waals surface area contributed by atoms with Crippen LogP contribution in [0.2, 0.25) is 0 Å². The summed E-state index contributed by atoms with van der Waals surface area (Å²) in [5, 5.41) is 3.79. The van der Waals surface area contributed by atoms with Crippen LogP contribution in [0.3, 0.4) is 0 Å². The molecule has 5 unspecified atom stereocenters. The lowest BCUT2D eigenvalue weighted by atomic mass is 9.72. The Kier molecular flexibility index (Phi) is 3.94. The van der Waals surface area contributed by atoms with Gasteiger partial charge in [0.15, 0.2) is 0 Å². The number of hydrogen-bond donors (Lipinski definition) is 1. The van der Waals surface area contributed by atoms with Crippen molar-refractivity contribution in [2.75, 3.05) is 6.54 Å². The topological polar surface area (TPSA) is 12.0 Å². The zero-order valence-electron chi connectivity index (χ0n) is 11.5. The lowest BCUT2D eigenvalue weighted by molar-refractivity contribution is 0.163. The van der Waals surface area contributed by atoms with E-state index in [-0.39, 0.29) is 0 Å². The minimum Gasteiger partial charge on any atom is -0.314 e. The first-order chi connectivity index (χ1) is 7.61. The van der Waals surface area contributed by atoms with Gasteiger partial charge in [-0.05, 0) is 61.8 Å². The lowest BCUT2D eigenvalue weighted by Crippen LogP contribution is -2.41. The average Bonchev–Trinajstić information content (AvgIpc) is 2.90. The molecule has 2 rings (SSSR count). The van der Waals surface area contributed by atoms with Gasteiger partial charge in [0, 0.05) is 6.04 Å². The van der Waals surface area contributed by atoms with Gasteiger partial charge in [-0.25, -0.2) is 0 Å². The molecule has 2 saturated carbocycles. The van der Waals surface area contributed by atoms with Crippen LogP contribution in [0, 0.1) is 29.6 Å². The summed E-state index contributed by atoms with van der Waals surface area (Å²) >= 11 is 0. The summed E-state index contributed by atoms with van der Waals surface area (Å²) in [4.78, 5) is 0. The maximum absolute atomic E-state index is 3.79. The van der Waals surface area contributed by atoms with Gasteiger partial charge >= 0.3 is 0 Å². The maximum atomic E-state index is 3.79. The smallest absolute Gasteiger partial charge is 0.0126 e. The third kappa shape index (κ3) is 2.80. The van der Waals surface area contributed by atoms with E-state index in [1.54, 1.807) is 0 Å². The minimum atomic E-state index is 0.824. The van der Waals surface area contributed by atoms with Crippen LogP contribution in [0.1, 0.15) is 53.4 Å². The fourth-order valence-electron chi connectivity index (χ4n) is 4.06. The Balaban J connectivity index is 1.96. The van der Waals surface area contributed by atoms with E-state index in [0.29, 0.717) is 0 Å². The van der Waals surface area contributed by atoms with Crippen molar-refractivity contribution in [2.45, 2.75) is 59.4 Å². The molecule has 0 bridgehead atoms. The van der Waals surface area contributed by atoms with Crippen molar-refractivity contribution in [3.63, 3.8) is 0 Å². The van der Waals surface area contributed by atoms with Crippen molar-refractivity contribution in [1.29, 1.82) is 0 Å². The molecule has 2 aliphatic carbocycles. The second-order valence-electron chi connectivity index (χ2n) is 6.64. The van der Waals surface area contributed by atoms with Gasteiger partial charge in [0.05, 0.1) is 0 Å². The molecule has 0 saturated heterocycles. The summed E-state index contributed by atoms with van der Waals surface area (Å²) in [6, 6.07) is 0.824. The molecule has 2 fully saturated rings. The summed E-state index contributed by atoms with van der Waals surface area (Å²) in [5.74, 6) is 4.82. The molecule has 1 nitrogen and oxygen atoms in total. The Morgan fingerprint density at radius 3 is 2.00 bits per heavy atom. The summed E-state index contributed by atoms with van der Waals surface area (Å²) in [5.41, 5.74) is 0. The fraction of sp³-hybridized carbons (Fsp3) is 1.00. The van der Waals surface area contributed by atoms with Gasteiger partial charge in [-0.3, -0.25) is 0 Å². The standard InChI is InChI=1S/C15H29N/c1-5-16-15(14-9-12(14)4)13-7-10(2)6-11(3)8-13/h10-16H,5-9H2,1-4H3. The Hall–Kier alpha value is -0.0400. The van der Waals surface area contributed by atoms with Crippen LogP contribution >= 0.6 is 0 Å². The van der Waals surface area contributed by atoms with Crippen molar-refractivity contribution in [2.24, 2.45) is 29.6 Å². The monoisotopic (exact) mass is 223 g/mol. The number of nitrogens with one attached hydrogen (secondary N) is 1.